The summed E-state index contributed by atoms with van der Waals surface area (Å²) < 4.78 is 4.96. The quantitative estimate of drug-likeness (QED) is 0.731. The van der Waals surface area contributed by atoms with Crippen molar-refractivity contribution in [2.24, 2.45) is 0 Å². The number of aldehydes is 1. The number of carbonyl (C=O) groups excluding carboxylic acids is 1. The van der Waals surface area contributed by atoms with Crippen molar-refractivity contribution in [2.45, 2.75) is 0 Å². The van der Waals surface area contributed by atoms with Crippen molar-refractivity contribution >= 4 is 28.9 Å². The van der Waals surface area contributed by atoms with Gasteiger partial charge in [-0.3, -0.25) is 9.78 Å². The van der Waals surface area contributed by atoms with Gasteiger partial charge in [0, 0.05) is 12.3 Å². The number of hydrogen-bond acceptors (Lipinski definition) is 4. The van der Waals surface area contributed by atoms with Crippen LogP contribution in [0.3, 0.4) is 0 Å². The van der Waals surface area contributed by atoms with E-state index in [2.05, 4.69) is 9.97 Å². The van der Waals surface area contributed by atoms with Gasteiger partial charge in [0.1, 0.15) is 5.52 Å². The molecule has 5 heteroatoms. The summed E-state index contributed by atoms with van der Waals surface area (Å²) in [6.45, 7) is 0. The molecular formula is C10H7ClN2O2. The summed E-state index contributed by atoms with van der Waals surface area (Å²) in [5, 5.41) is 0.290. The normalized spacial score (nSPS) is 10.3. The van der Waals surface area contributed by atoms with Gasteiger partial charge < -0.3 is 4.74 Å². The van der Waals surface area contributed by atoms with Gasteiger partial charge in [-0.25, -0.2) is 4.98 Å². The molecule has 0 bridgehead atoms. The summed E-state index contributed by atoms with van der Waals surface area (Å²) >= 11 is 5.82. The zero-order valence-corrected chi connectivity index (χ0v) is 8.65. The van der Waals surface area contributed by atoms with Gasteiger partial charge in [-0.05, 0) is 6.07 Å². The number of methoxy groups -OCH3 is 1. The fourth-order valence-corrected chi connectivity index (χ4v) is 1.45. The Bertz CT molecular complexity index is 528. The van der Waals surface area contributed by atoms with Gasteiger partial charge in [0.05, 0.1) is 23.2 Å². The van der Waals surface area contributed by atoms with Gasteiger partial charge in [-0.1, -0.05) is 11.6 Å². The highest BCUT2D eigenvalue weighted by Crippen LogP contribution is 2.22. The van der Waals surface area contributed by atoms with Crippen molar-refractivity contribution in [1.82, 2.24) is 9.97 Å². The highest BCUT2D eigenvalue weighted by molar-refractivity contribution is 6.34. The van der Waals surface area contributed by atoms with Gasteiger partial charge in [0.15, 0.2) is 6.29 Å². The number of aromatic nitrogens is 2. The number of rotatable bonds is 2. The van der Waals surface area contributed by atoms with Gasteiger partial charge in [0.25, 0.3) is 0 Å². The average molecular weight is 223 g/mol. The molecule has 0 fully saturated rings. The molecule has 4 nitrogen and oxygen atoms in total. The maximum atomic E-state index is 10.8. The van der Waals surface area contributed by atoms with Crippen molar-refractivity contribution < 1.29 is 9.53 Å². The topological polar surface area (TPSA) is 52.1 Å². The first-order chi connectivity index (χ1) is 7.26. The van der Waals surface area contributed by atoms with E-state index in [4.69, 9.17) is 16.3 Å². The smallest absolute Gasteiger partial charge is 0.213 e. The molecular weight excluding hydrogens is 216 g/mol. The number of halogens is 1. The second kappa shape index (κ2) is 3.82. The maximum Gasteiger partial charge on any atom is 0.213 e. The maximum absolute atomic E-state index is 10.8. The molecule has 2 aromatic heterocycles. The minimum absolute atomic E-state index is 0.290. The Labute approximate surface area is 90.9 Å². The minimum Gasteiger partial charge on any atom is -0.481 e. The molecule has 76 valence electrons. The number of carbonyl (C=O) groups is 1. The zero-order chi connectivity index (χ0) is 10.8. The second-order valence-electron chi connectivity index (χ2n) is 2.86. The molecule has 0 aliphatic rings. The van der Waals surface area contributed by atoms with Crippen molar-refractivity contribution in [3.05, 3.63) is 28.9 Å². The van der Waals surface area contributed by atoms with Crippen molar-refractivity contribution in [2.75, 3.05) is 7.11 Å². The molecule has 0 aliphatic carbocycles. The SMILES string of the molecule is COc1ccc2ncc(Cl)c(C=O)c2n1. The van der Waals surface area contributed by atoms with Crippen LogP contribution in [0.15, 0.2) is 18.3 Å². The third kappa shape index (κ3) is 1.64. The van der Waals surface area contributed by atoms with Crippen LogP contribution in [0.25, 0.3) is 11.0 Å². The minimum atomic E-state index is 0.290. The van der Waals surface area contributed by atoms with Crippen LogP contribution in [0.4, 0.5) is 0 Å². The van der Waals surface area contributed by atoms with E-state index in [0.717, 1.165) is 0 Å². The lowest BCUT2D eigenvalue weighted by Gasteiger charge is -2.03. The standard InChI is InChI=1S/C10H7ClN2O2/c1-15-9-3-2-8-10(13-9)6(5-14)7(11)4-12-8/h2-5H,1H3. The second-order valence-corrected chi connectivity index (χ2v) is 3.27. The summed E-state index contributed by atoms with van der Waals surface area (Å²) in [4.78, 5) is 19.0. The Morgan fingerprint density at radius 3 is 2.93 bits per heavy atom. The molecule has 0 radical (unpaired) electrons. The number of pyridine rings is 2. The molecule has 0 saturated heterocycles. The molecule has 0 N–H and O–H groups in total. The lowest BCUT2D eigenvalue weighted by molar-refractivity contribution is 0.112. The fourth-order valence-electron chi connectivity index (χ4n) is 1.27. The van der Waals surface area contributed by atoms with E-state index in [-0.39, 0.29) is 0 Å². The Morgan fingerprint density at radius 2 is 2.27 bits per heavy atom. The highest BCUT2D eigenvalue weighted by Gasteiger charge is 2.08. The molecule has 0 aromatic carbocycles. The fraction of sp³-hybridized carbons (Fsp3) is 0.100. The van der Waals surface area contributed by atoms with Crippen LogP contribution >= 0.6 is 11.6 Å². The Kier molecular flexibility index (Phi) is 2.51. The van der Waals surface area contributed by atoms with Crippen LogP contribution in [0, 0.1) is 0 Å². The number of hydrogen-bond donors (Lipinski definition) is 0. The van der Waals surface area contributed by atoms with Crippen LogP contribution < -0.4 is 4.74 Å². The first-order valence-corrected chi connectivity index (χ1v) is 4.58. The van der Waals surface area contributed by atoms with Crippen LogP contribution in [0.5, 0.6) is 5.88 Å². The molecule has 0 unspecified atom stereocenters. The molecule has 2 rings (SSSR count). The van der Waals surface area contributed by atoms with E-state index in [9.17, 15) is 4.79 Å². The molecule has 0 saturated carbocycles. The molecule has 0 amide bonds. The number of ether oxygens (including phenoxy) is 1. The van der Waals surface area contributed by atoms with E-state index >= 15 is 0 Å². The third-order valence-corrected chi connectivity index (χ3v) is 2.31. The lowest BCUT2D eigenvalue weighted by Crippen LogP contribution is -1.94. The molecule has 2 heterocycles. The van der Waals surface area contributed by atoms with E-state index in [1.54, 1.807) is 12.1 Å². The summed E-state index contributed by atoms with van der Waals surface area (Å²) in [6, 6.07) is 3.41. The summed E-state index contributed by atoms with van der Waals surface area (Å²) in [5.41, 5.74) is 1.40. The van der Waals surface area contributed by atoms with E-state index < -0.39 is 0 Å². The summed E-state index contributed by atoms with van der Waals surface area (Å²) in [6.07, 6.45) is 2.10. The first kappa shape index (κ1) is 9.86. The van der Waals surface area contributed by atoms with Gasteiger partial charge in [0.2, 0.25) is 5.88 Å². The summed E-state index contributed by atoms with van der Waals surface area (Å²) in [7, 11) is 1.51. The van der Waals surface area contributed by atoms with Crippen molar-refractivity contribution in [3.8, 4) is 5.88 Å². The van der Waals surface area contributed by atoms with Gasteiger partial charge >= 0.3 is 0 Å². The average Bonchev–Trinajstić information content (AvgIpc) is 2.28. The van der Waals surface area contributed by atoms with E-state index in [1.807, 2.05) is 0 Å². The molecule has 15 heavy (non-hydrogen) atoms. The predicted octanol–water partition coefficient (Wildman–Crippen LogP) is 2.10. The number of nitrogens with zero attached hydrogens (tertiary/aromatic N) is 2. The summed E-state index contributed by atoms with van der Waals surface area (Å²) in [5.74, 6) is 0.426. The van der Waals surface area contributed by atoms with Gasteiger partial charge in [-0.15, -0.1) is 0 Å². The Morgan fingerprint density at radius 1 is 1.47 bits per heavy atom. The predicted molar refractivity (Wildman–Crippen MR) is 56.5 cm³/mol. The van der Waals surface area contributed by atoms with Gasteiger partial charge in [-0.2, -0.15) is 0 Å². The first-order valence-electron chi connectivity index (χ1n) is 4.20. The van der Waals surface area contributed by atoms with Crippen LogP contribution in [0.2, 0.25) is 5.02 Å². The molecule has 0 spiro atoms. The number of fused-ring (bicyclic) bond motifs is 1. The van der Waals surface area contributed by atoms with E-state index in [0.29, 0.717) is 33.8 Å². The Hall–Kier alpha value is -1.68. The van der Waals surface area contributed by atoms with Crippen LogP contribution in [-0.4, -0.2) is 23.4 Å². The van der Waals surface area contributed by atoms with Crippen LogP contribution in [-0.2, 0) is 0 Å². The van der Waals surface area contributed by atoms with Crippen molar-refractivity contribution in [1.29, 1.82) is 0 Å². The van der Waals surface area contributed by atoms with Crippen molar-refractivity contribution in [3.63, 3.8) is 0 Å². The highest BCUT2D eigenvalue weighted by atomic mass is 35.5. The lowest BCUT2D eigenvalue weighted by atomic mass is 10.2. The molecule has 2 aromatic rings. The molecule has 0 aliphatic heterocycles. The Balaban J connectivity index is 2.81. The zero-order valence-electron chi connectivity index (χ0n) is 7.90. The monoisotopic (exact) mass is 222 g/mol. The van der Waals surface area contributed by atoms with E-state index in [1.165, 1.54) is 13.3 Å². The third-order valence-electron chi connectivity index (χ3n) is 2.00. The molecule has 0 atom stereocenters. The largest absolute Gasteiger partial charge is 0.481 e. The van der Waals surface area contributed by atoms with Crippen LogP contribution in [0.1, 0.15) is 10.4 Å².